The summed E-state index contributed by atoms with van der Waals surface area (Å²) in [4.78, 5) is 22.9. The van der Waals surface area contributed by atoms with Crippen molar-refractivity contribution < 1.29 is 14.1 Å². The van der Waals surface area contributed by atoms with E-state index in [1.54, 1.807) is 54.7 Å². The lowest BCUT2D eigenvalue weighted by Crippen LogP contribution is -1.96. The number of non-ortho nitro benzene ring substituents is 1. The van der Waals surface area contributed by atoms with Crippen LogP contribution in [0.3, 0.4) is 0 Å². The topological polar surface area (TPSA) is 78.3 Å². The summed E-state index contributed by atoms with van der Waals surface area (Å²) in [5.41, 5.74) is 2.20. The van der Waals surface area contributed by atoms with Gasteiger partial charge in [0.15, 0.2) is 5.76 Å². The van der Waals surface area contributed by atoms with Crippen molar-refractivity contribution in [2.45, 2.75) is 0 Å². The third kappa shape index (κ3) is 4.45. The molecule has 0 saturated heterocycles. The summed E-state index contributed by atoms with van der Waals surface area (Å²) < 4.78 is 7.49. The van der Waals surface area contributed by atoms with Gasteiger partial charge in [0.1, 0.15) is 5.76 Å². The second-order valence-corrected chi connectivity index (χ2v) is 7.38. The van der Waals surface area contributed by atoms with Crippen LogP contribution in [-0.2, 0) is 0 Å². The molecule has 2 heterocycles. The number of allylic oxidation sites excluding steroid dienone is 1. The van der Waals surface area contributed by atoms with Crippen LogP contribution in [-0.4, -0.2) is 15.3 Å². The Morgan fingerprint density at radius 3 is 2.48 bits per heavy atom. The summed E-state index contributed by atoms with van der Waals surface area (Å²) in [7, 11) is 0. The average molecular weight is 453 g/mol. The van der Waals surface area contributed by atoms with Crippen LogP contribution >= 0.6 is 23.2 Å². The normalized spacial score (nSPS) is 11.2. The van der Waals surface area contributed by atoms with Gasteiger partial charge in [-0.2, -0.15) is 0 Å². The number of carbonyl (C=O) groups excluding carboxylic acids is 1. The van der Waals surface area contributed by atoms with E-state index in [4.69, 9.17) is 27.6 Å². The number of carbonyl (C=O) groups is 1. The summed E-state index contributed by atoms with van der Waals surface area (Å²) >= 11 is 12.0. The molecule has 0 fully saturated rings. The molecular weight excluding hydrogens is 439 g/mol. The lowest BCUT2D eigenvalue weighted by molar-refractivity contribution is -0.384. The van der Waals surface area contributed by atoms with E-state index < -0.39 is 4.92 Å². The highest BCUT2D eigenvalue weighted by atomic mass is 35.5. The first-order chi connectivity index (χ1) is 14.9. The number of ketones is 1. The van der Waals surface area contributed by atoms with Gasteiger partial charge in [-0.3, -0.25) is 14.9 Å². The minimum absolute atomic E-state index is 0.0128. The van der Waals surface area contributed by atoms with Crippen molar-refractivity contribution in [1.29, 1.82) is 0 Å². The lowest BCUT2D eigenvalue weighted by atomic mass is 10.2. The van der Waals surface area contributed by atoms with Crippen molar-refractivity contribution in [1.82, 2.24) is 4.57 Å². The molecule has 4 aromatic rings. The van der Waals surface area contributed by atoms with Crippen LogP contribution in [0.15, 0.2) is 83.4 Å². The molecule has 0 aliphatic rings. The molecular formula is C23H14Cl2N2O4. The molecule has 6 nitrogen and oxygen atoms in total. The van der Waals surface area contributed by atoms with E-state index in [1.807, 2.05) is 16.7 Å². The summed E-state index contributed by atoms with van der Waals surface area (Å²) in [6.45, 7) is 0. The van der Waals surface area contributed by atoms with Gasteiger partial charge in [-0.05, 0) is 66.7 Å². The van der Waals surface area contributed by atoms with Crippen LogP contribution in [0.2, 0.25) is 10.0 Å². The average Bonchev–Trinajstić information content (AvgIpc) is 3.44. The van der Waals surface area contributed by atoms with Gasteiger partial charge >= 0.3 is 0 Å². The standard InChI is InChI=1S/C23H14Cl2N2O4/c24-19-9-3-15(14-20(19)25)22-11-12-23(31-22)21(28)10-8-16-2-1-13-26(16)17-4-6-18(7-5-17)27(29)30/h1-14H. The highest BCUT2D eigenvalue weighted by Gasteiger charge is 2.12. The molecule has 0 aliphatic carbocycles. The minimum Gasteiger partial charge on any atom is -0.453 e. The Kier molecular flexibility index (Phi) is 5.75. The van der Waals surface area contributed by atoms with Crippen LogP contribution in [0.4, 0.5) is 5.69 Å². The summed E-state index contributed by atoms with van der Waals surface area (Å²) in [6, 6.07) is 18.2. The smallest absolute Gasteiger partial charge is 0.269 e. The highest BCUT2D eigenvalue weighted by molar-refractivity contribution is 6.42. The van der Waals surface area contributed by atoms with Gasteiger partial charge < -0.3 is 8.98 Å². The zero-order valence-electron chi connectivity index (χ0n) is 15.9. The molecule has 8 heteroatoms. The van der Waals surface area contributed by atoms with Crippen molar-refractivity contribution in [2.75, 3.05) is 0 Å². The molecule has 4 rings (SSSR count). The number of hydrogen-bond donors (Lipinski definition) is 0. The van der Waals surface area contributed by atoms with E-state index in [1.165, 1.54) is 18.2 Å². The molecule has 0 amide bonds. The molecule has 0 unspecified atom stereocenters. The van der Waals surface area contributed by atoms with Gasteiger partial charge in [0, 0.05) is 35.3 Å². The van der Waals surface area contributed by atoms with Gasteiger partial charge in [-0.25, -0.2) is 0 Å². The molecule has 0 saturated carbocycles. The molecule has 0 atom stereocenters. The van der Waals surface area contributed by atoms with Gasteiger partial charge in [-0.1, -0.05) is 23.2 Å². The highest BCUT2D eigenvalue weighted by Crippen LogP contribution is 2.29. The van der Waals surface area contributed by atoms with Crippen LogP contribution in [0.1, 0.15) is 16.2 Å². The summed E-state index contributed by atoms with van der Waals surface area (Å²) in [5.74, 6) is 0.387. The Morgan fingerprint density at radius 2 is 1.77 bits per heavy atom. The van der Waals surface area contributed by atoms with Crippen molar-refractivity contribution in [2.24, 2.45) is 0 Å². The first-order valence-electron chi connectivity index (χ1n) is 9.12. The number of aromatic nitrogens is 1. The Labute approximate surface area is 187 Å². The molecule has 2 aromatic carbocycles. The predicted octanol–water partition coefficient (Wildman–Crippen LogP) is 6.85. The Balaban J connectivity index is 1.53. The molecule has 31 heavy (non-hydrogen) atoms. The zero-order chi connectivity index (χ0) is 22.0. The predicted molar refractivity (Wildman–Crippen MR) is 120 cm³/mol. The Bertz CT molecular complexity index is 1300. The zero-order valence-corrected chi connectivity index (χ0v) is 17.4. The fourth-order valence-electron chi connectivity index (χ4n) is 3.02. The number of hydrogen-bond acceptors (Lipinski definition) is 4. The van der Waals surface area contributed by atoms with Crippen LogP contribution in [0, 0.1) is 10.1 Å². The molecule has 0 radical (unpaired) electrons. The summed E-state index contributed by atoms with van der Waals surface area (Å²) in [5, 5.41) is 11.7. The SMILES string of the molecule is O=C(C=Cc1cccn1-c1ccc([N+](=O)[O-])cc1)c1ccc(-c2ccc(Cl)c(Cl)c2)o1. The largest absolute Gasteiger partial charge is 0.453 e. The lowest BCUT2D eigenvalue weighted by Gasteiger charge is -2.06. The Morgan fingerprint density at radius 1 is 1.00 bits per heavy atom. The number of nitrogens with zero attached hydrogens (tertiary/aromatic N) is 2. The molecule has 2 aromatic heterocycles. The Hall–Kier alpha value is -3.61. The second kappa shape index (κ2) is 8.63. The number of nitro benzene ring substituents is 1. The first-order valence-corrected chi connectivity index (χ1v) is 9.88. The van der Waals surface area contributed by atoms with Crippen LogP contribution < -0.4 is 0 Å². The van der Waals surface area contributed by atoms with Crippen molar-refractivity contribution in [3.63, 3.8) is 0 Å². The monoisotopic (exact) mass is 452 g/mol. The second-order valence-electron chi connectivity index (χ2n) is 6.57. The quantitative estimate of drug-likeness (QED) is 0.138. The van der Waals surface area contributed by atoms with E-state index in [0.717, 1.165) is 11.4 Å². The maximum Gasteiger partial charge on any atom is 0.269 e. The van der Waals surface area contributed by atoms with Crippen LogP contribution in [0.25, 0.3) is 23.1 Å². The molecule has 0 bridgehead atoms. The first kappa shape index (κ1) is 20.7. The van der Waals surface area contributed by atoms with Gasteiger partial charge in [0.25, 0.3) is 5.69 Å². The van der Waals surface area contributed by atoms with Crippen LogP contribution in [0.5, 0.6) is 0 Å². The molecule has 0 N–H and O–H groups in total. The minimum atomic E-state index is -0.450. The number of benzene rings is 2. The van der Waals surface area contributed by atoms with E-state index in [0.29, 0.717) is 21.4 Å². The molecule has 0 aliphatic heterocycles. The maximum atomic E-state index is 12.6. The number of halogens is 2. The number of nitro groups is 1. The van der Waals surface area contributed by atoms with Crippen molar-refractivity contribution in [3.8, 4) is 17.0 Å². The molecule has 154 valence electrons. The van der Waals surface area contributed by atoms with E-state index in [9.17, 15) is 14.9 Å². The number of rotatable bonds is 6. The van der Waals surface area contributed by atoms with Gasteiger partial charge in [0.2, 0.25) is 5.78 Å². The summed E-state index contributed by atoms with van der Waals surface area (Å²) in [6.07, 6.45) is 4.88. The van der Waals surface area contributed by atoms with E-state index in [2.05, 4.69) is 0 Å². The van der Waals surface area contributed by atoms with Crippen molar-refractivity contribution in [3.05, 3.63) is 111 Å². The fraction of sp³-hybridized carbons (Fsp3) is 0. The third-order valence-electron chi connectivity index (χ3n) is 4.58. The molecule has 0 spiro atoms. The maximum absolute atomic E-state index is 12.6. The van der Waals surface area contributed by atoms with Gasteiger partial charge in [-0.15, -0.1) is 0 Å². The third-order valence-corrected chi connectivity index (χ3v) is 5.32. The van der Waals surface area contributed by atoms with Gasteiger partial charge in [0.05, 0.1) is 15.0 Å². The van der Waals surface area contributed by atoms with E-state index >= 15 is 0 Å². The van der Waals surface area contributed by atoms with E-state index in [-0.39, 0.29) is 17.2 Å². The van der Waals surface area contributed by atoms with Crippen molar-refractivity contribution >= 4 is 40.7 Å². The fourth-order valence-corrected chi connectivity index (χ4v) is 3.32. The number of furan rings is 1.